The molecule has 8 heteroatoms. The van der Waals surface area contributed by atoms with Gasteiger partial charge >= 0.3 is 0 Å². The highest BCUT2D eigenvalue weighted by molar-refractivity contribution is 5.95. The molecule has 8 nitrogen and oxygen atoms in total. The van der Waals surface area contributed by atoms with E-state index in [1.807, 2.05) is 48.5 Å². The van der Waals surface area contributed by atoms with Gasteiger partial charge in [0.05, 0.1) is 19.0 Å². The lowest BCUT2D eigenvalue weighted by Gasteiger charge is -2.17. The molecule has 3 heterocycles. The molecule has 0 radical (unpaired) electrons. The largest absolute Gasteiger partial charge is 0.497 e. The number of hydrogen-bond donors (Lipinski definition) is 0. The Morgan fingerprint density at radius 2 is 1.93 bits per heavy atom. The van der Waals surface area contributed by atoms with Gasteiger partial charge in [-0.1, -0.05) is 18.2 Å². The van der Waals surface area contributed by atoms with Crippen molar-refractivity contribution in [3.63, 3.8) is 0 Å². The Kier molecular flexibility index (Phi) is 4.31. The number of rotatable bonds is 4. The van der Waals surface area contributed by atoms with E-state index in [4.69, 9.17) is 4.74 Å². The molecule has 4 aromatic rings. The molecule has 0 N–H and O–H groups in total. The van der Waals surface area contributed by atoms with Crippen molar-refractivity contribution in [2.45, 2.75) is 13.0 Å². The van der Waals surface area contributed by atoms with Gasteiger partial charge < -0.3 is 9.64 Å². The Hall–Kier alpha value is -3.94. The van der Waals surface area contributed by atoms with Crippen LogP contribution in [0.15, 0.2) is 65.8 Å². The van der Waals surface area contributed by atoms with E-state index < -0.39 is 0 Å². The van der Waals surface area contributed by atoms with Gasteiger partial charge in [0.15, 0.2) is 5.65 Å². The van der Waals surface area contributed by atoms with Crippen molar-refractivity contribution in [1.82, 2.24) is 19.3 Å². The van der Waals surface area contributed by atoms with Crippen molar-refractivity contribution in [2.24, 2.45) is 0 Å². The van der Waals surface area contributed by atoms with Crippen LogP contribution in [-0.2, 0) is 17.8 Å². The number of amides is 1. The van der Waals surface area contributed by atoms with Gasteiger partial charge in [-0.05, 0) is 42.3 Å². The van der Waals surface area contributed by atoms with E-state index in [1.165, 1.54) is 17.1 Å². The number of fused-ring (bicyclic) bond motifs is 2. The zero-order valence-electron chi connectivity index (χ0n) is 16.4. The van der Waals surface area contributed by atoms with E-state index in [2.05, 4.69) is 10.1 Å². The third-order valence-corrected chi connectivity index (χ3v) is 5.37. The summed E-state index contributed by atoms with van der Waals surface area (Å²) in [6.07, 6.45) is 3.72. The number of benzene rings is 2. The molecule has 30 heavy (non-hydrogen) atoms. The SMILES string of the molecule is COc1ccc(-n2ncc3c(=O)n(CC(=O)N4CCc5ccccc54)cnc32)cc1. The van der Waals surface area contributed by atoms with Crippen LogP contribution in [0.25, 0.3) is 16.7 Å². The molecule has 150 valence electrons. The molecule has 0 atom stereocenters. The fourth-order valence-electron chi connectivity index (χ4n) is 3.80. The van der Waals surface area contributed by atoms with Crippen molar-refractivity contribution in [1.29, 1.82) is 0 Å². The predicted octanol–water partition coefficient (Wildman–Crippen LogP) is 2.18. The maximum atomic E-state index is 12.9. The maximum Gasteiger partial charge on any atom is 0.264 e. The smallest absolute Gasteiger partial charge is 0.264 e. The lowest BCUT2D eigenvalue weighted by molar-refractivity contribution is -0.119. The maximum absolute atomic E-state index is 12.9. The monoisotopic (exact) mass is 401 g/mol. The fraction of sp³-hybridized carbons (Fsp3) is 0.182. The van der Waals surface area contributed by atoms with Gasteiger partial charge in [0.2, 0.25) is 5.91 Å². The van der Waals surface area contributed by atoms with Gasteiger partial charge in [0, 0.05) is 12.2 Å². The van der Waals surface area contributed by atoms with E-state index in [1.54, 1.807) is 16.7 Å². The third kappa shape index (κ3) is 2.93. The molecule has 1 aliphatic rings. The van der Waals surface area contributed by atoms with Gasteiger partial charge in [-0.2, -0.15) is 5.10 Å². The zero-order chi connectivity index (χ0) is 20.7. The Balaban J connectivity index is 1.45. The molecular formula is C22H19N5O3. The van der Waals surface area contributed by atoms with Crippen molar-refractivity contribution in [3.05, 3.63) is 77.0 Å². The molecule has 0 saturated carbocycles. The van der Waals surface area contributed by atoms with Crippen molar-refractivity contribution >= 4 is 22.6 Å². The van der Waals surface area contributed by atoms with Crippen LogP contribution in [-0.4, -0.2) is 38.9 Å². The van der Waals surface area contributed by atoms with Gasteiger partial charge in [-0.15, -0.1) is 0 Å². The normalized spacial score (nSPS) is 12.9. The summed E-state index contributed by atoms with van der Waals surface area (Å²) in [5.41, 5.74) is 2.98. The predicted molar refractivity (Wildman–Crippen MR) is 112 cm³/mol. The van der Waals surface area contributed by atoms with Crippen LogP contribution in [0.2, 0.25) is 0 Å². The first-order valence-corrected chi connectivity index (χ1v) is 9.61. The van der Waals surface area contributed by atoms with Crippen molar-refractivity contribution in [3.8, 4) is 11.4 Å². The molecule has 2 aromatic carbocycles. The zero-order valence-corrected chi connectivity index (χ0v) is 16.4. The number of para-hydroxylation sites is 1. The molecule has 0 saturated heterocycles. The van der Waals surface area contributed by atoms with Crippen LogP contribution in [0.1, 0.15) is 5.56 Å². The summed E-state index contributed by atoms with van der Waals surface area (Å²) in [4.78, 5) is 31.9. The van der Waals surface area contributed by atoms with Crippen LogP contribution in [0.5, 0.6) is 5.75 Å². The lowest BCUT2D eigenvalue weighted by Crippen LogP contribution is -2.35. The van der Waals surface area contributed by atoms with Gasteiger partial charge in [-0.25, -0.2) is 9.67 Å². The first-order chi connectivity index (χ1) is 14.7. The Bertz CT molecular complexity index is 1310. The van der Waals surface area contributed by atoms with E-state index in [9.17, 15) is 9.59 Å². The molecule has 1 amide bonds. The number of anilines is 1. The molecule has 0 bridgehead atoms. The first-order valence-electron chi connectivity index (χ1n) is 9.61. The minimum Gasteiger partial charge on any atom is -0.497 e. The van der Waals surface area contributed by atoms with Crippen LogP contribution < -0.4 is 15.2 Å². The summed E-state index contributed by atoms with van der Waals surface area (Å²) < 4.78 is 8.11. The fourth-order valence-corrected chi connectivity index (χ4v) is 3.80. The van der Waals surface area contributed by atoms with Crippen LogP contribution >= 0.6 is 0 Å². The second-order valence-electron chi connectivity index (χ2n) is 7.09. The summed E-state index contributed by atoms with van der Waals surface area (Å²) in [5, 5.41) is 4.68. The molecule has 2 aromatic heterocycles. The van der Waals surface area contributed by atoms with Crippen LogP contribution in [0.4, 0.5) is 5.69 Å². The highest BCUT2D eigenvalue weighted by atomic mass is 16.5. The van der Waals surface area contributed by atoms with Gasteiger partial charge in [0.1, 0.15) is 24.0 Å². The third-order valence-electron chi connectivity index (χ3n) is 5.37. The molecule has 0 fully saturated rings. The molecule has 0 aliphatic carbocycles. The van der Waals surface area contributed by atoms with Crippen molar-refractivity contribution < 1.29 is 9.53 Å². The quantitative estimate of drug-likeness (QED) is 0.524. The average molecular weight is 401 g/mol. The van der Waals surface area contributed by atoms with Crippen LogP contribution in [0.3, 0.4) is 0 Å². The van der Waals surface area contributed by atoms with Crippen LogP contribution in [0, 0.1) is 0 Å². The lowest BCUT2D eigenvalue weighted by atomic mass is 10.2. The molecule has 0 spiro atoms. The molecule has 0 unspecified atom stereocenters. The summed E-state index contributed by atoms with van der Waals surface area (Å²) in [7, 11) is 1.60. The number of nitrogens with zero attached hydrogens (tertiary/aromatic N) is 5. The highest BCUT2D eigenvalue weighted by Gasteiger charge is 2.24. The molecular weight excluding hydrogens is 382 g/mol. The Morgan fingerprint density at radius 1 is 1.13 bits per heavy atom. The first kappa shape index (κ1) is 18.1. The minimum atomic E-state index is -0.291. The number of carbonyl (C=O) groups excluding carboxylic acids is 1. The van der Waals surface area contributed by atoms with Gasteiger partial charge in [0.25, 0.3) is 5.56 Å². The number of hydrogen-bond acceptors (Lipinski definition) is 5. The number of ether oxygens (including phenoxy) is 1. The average Bonchev–Trinajstić information content (AvgIpc) is 3.40. The Labute approximate surface area is 171 Å². The summed E-state index contributed by atoms with van der Waals surface area (Å²) >= 11 is 0. The summed E-state index contributed by atoms with van der Waals surface area (Å²) in [5.74, 6) is 0.596. The Morgan fingerprint density at radius 3 is 2.73 bits per heavy atom. The highest BCUT2D eigenvalue weighted by Crippen LogP contribution is 2.27. The van der Waals surface area contributed by atoms with E-state index >= 15 is 0 Å². The molecule has 1 aliphatic heterocycles. The number of aromatic nitrogens is 4. The second kappa shape index (κ2) is 7.14. The molecule has 5 rings (SSSR count). The van der Waals surface area contributed by atoms with Crippen molar-refractivity contribution in [2.75, 3.05) is 18.6 Å². The van der Waals surface area contributed by atoms with E-state index in [0.717, 1.165) is 29.1 Å². The minimum absolute atomic E-state index is 0.0657. The van der Waals surface area contributed by atoms with E-state index in [-0.39, 0.29) is 18.0 Å². The topological polar surface area (TPSA) is 82.2 Å². The van der Waals surface area contributed by atoms with Gasteiger partial charge in [-0.3, -0.25) is 14.2 Å². The van der Waals surface area contributed by atoms with E-state index in [0.29, 0.717) is 17.6 Å². The summed E-state index contributed by atoms with van der Waals surface area (Å²) in [6.45, 7) is 0.557. The number of carbonyl (C=O) groups is 1. The number of methoxy groups -OCH3 is 1. The standard InChI is InChI=1S/C22H19N5O3/c1-30-17-8-6-16(7-9-17)27-21-18(12-24-27)22(29)25(14-23-21)13-20(28)26-11-10-15-4-2-3-5-19(15)26/h2-9,12,14H,10-11,13H2,1H3. The summed E-state index contributed by atoms with van der Waals surface area (Å²) in [6, 6.07) is 15.2. The second-order valence-corrected chi connectivity index (χ2v) is 7.09.